The van der Waals surface area contributed by atoms with Crippen molar-refractivity contribution in [3.63, 3.8) is 0 Å². The summed E-state index contributed by atoms with van der Waals surface area (Å²) in [6.45, 7) is 4.93. The lowest BCUT2D eigenvalue weighted by molar-refractivity contribution is -0.140. The summed E-state index contributed by atoms with van der Waals surface area (Å²) in [5.74, 6) is -1.36. The molecule has 0 saturated carbocycles. The third-order valence-electron chi connectivity index (χ3n) is 3.78. The molecule has 0 heterocycles. The fraction of sp³-hybridized carbons (Fsp3) is 0.412. The molecule has 1 aromatic carbocycles. The molecule has 0 aliphatic rings. The van der Waals surface area contributed by atoms with Crippen molar-refractivity contribution in [1.82, 2.24) is 14.5 Å². The Hall–Kier alpha value is -2.26. The minimum Gasteiger partial charge on any atom is -0.351 e. The van der Waals surface area contributed by atoms with Crippen LogP contribution in [-0.2, 0) is 26.2 Å². The van der Waals surface area contributed by atoms with Crippen molar-refractivity contribution >= 4 is 21.8 Å². The number of carbonyl (C=O) groups is 2. The molecule has 0 saturated heterocycles. The number of nitrogens with one attached hydrogen (secondary N) is 1. The Morgan fingerprint density at radius 1 is 1.31 bits per heavy atom. The molecular weight excluding hydrogens is 361 g/mol. The van der Waals surface area contributed by atoms with Crippen LogP contribution in [0.15, 0.2) is 36.9 Å². The maximum atomic E-state index is 13.1. The lowest BCUT2D eigenvalue weighted by atomic mass is 10.1. The number of hydrogen-bond donors (Lipinski definition) is 1. The van der Waals surface area contributed by atoms with Gasteiger partial charge in [0.25, 0.3) is 0 Å². The van der Waals surface area contributed by atoms with E-state index in [1.165, 1.54) is 42.3 Å². The van der Waals surface area contributed by atoms with Crippen molar-refractivity contribution in [2.24, 2.45) is 0 Å². The summed E-state index contributed by atoms with van der Waals surface area (Å²) in [6.07, 6.45) is 2.50. The van der Waals surface area contributed by atoms with Crippen LogP contribution in [0.1, 0.15) is 12.5 Å². The summed E-state index contributed by atoms with van der Waals surface area (Å²) < 4.78 is 37.1. The maximum absolute atomic E-state index is 13.1. The van der Waals surface area contributed by atoms with E-state index in [1.807, 2.05) is 0 Å². The lowest BCUT2D eigenvalue weighted by Gasteiger charge is -2.30. The van der Waals surface area contributed by atoms with Crippen LogP contribution in [0, 0.1) is 5.82 Å². The van der Waals surface area contributed by atoms with Crippen LogP contribution in [-0.4, -0.2) is 61.9 Å². The van der Waals surface area contributed by atoms with E-state index in [-0.39, 0.29) is 13.1 Å². The van der Waals surface area contributed by atoms with Crippen molar-refractivity contribution in [3.05, 3.63) is 48.3 Å². The highest BCUT2D eigenvalue weighted by atomic mass is 32.2. The van der Waals surface area contributed by atoms with Gasteiger partial charge in [-0.1, -0.05) is 18.2 Å². The number of hydrogen-bond acceptors (Lipinski definition) is 4. The highest BCUT2D eigenvalue weighted by molar-refractivity contribution is 7.88. The van der Waals surface area contributed by atoms with Crippen molar-refractivity contribution < 1.29 is 22.4 Å². The molecule has 0 spiro atoms. The summed E-state index contributed by atoms with van der Waals surface area (Å²) in [4.78, 5) is 26.1. The maximum Gasteiger partial charge on any atom is 0.242 e. The largest absolute Gasteiger partial charge is 0.351 e. The molecule has 0 aliphatic carbocycles. The van der Waals surface area contributed by atoms with Crippen LogP contribution in [0.25, 0.3) is 0 Å². The van der Waals surface area contributed by atoms with E-state index in [2.05, 4.69) is 11.9 Å². The number of rotatable bonds is 9. The Bertz CT molecular complexity index is 750. The van der Waals surface area contributed by atoms with Gasteiger partial charge in [0.15, 0.2) is 0 Å². The van der Waals surface area contributed by atoms with Gasteiger partial charge in [-0.15, -0.1) is 6.58 Å². The van der Waals surface area contributed by atoms with Gasteiger partial charge in [0, 0.05) is 20.1 Å². The second-order valence-electron chi connectivity index (χ2n) is 5.88. The van der Waals surface area contributed by atoms with E-state index >= 15 is 0 Å². The molecule has 144 valence electrons. The van der Waals surface area contributed by atoms with Crippen LogP contribution in [0.5, 0.6) is 0 Å². The third-order valence-corrected chi connectivity index (χ3v) is 5.04. The van der Waals surface area contributed by atoms with Gasteiger partial charge >= 0.3 is 0 Å². The van der Waals surface area contributed by atoms with E-state index in [1.54, 1.807) is 6.92 Å². The summed E-state index contributed by atoms with van der Waals surface area (Å²) in [5, 5.41) is 2.60. The zero-order valence-electron chi connectivity index (χ0n) is 15.1. The van der Waals surface area contributed by atoms with E-state index in [9.17, 15) is 22.4 Å². The zero-order valence-corrected chi connectivity index (χ0v) is 15.9. The first kappa shape index (κ1) is 21.8. The van der Waals surface area contributed by atoms with E-state index in [0.29, 0.717) is 5.56 Å². The predicted molar refractivity (Wildman–Crippen MR) is 97.1 cm³/mol. The highest BCUT2D eigenvalue weighted by Crippen LogP contribution is 2.11. The summed E-state index contributed by atoms with van der Waals surface area (Å²) in [5.41, 5.74) is 0.616. The molecule has 0 bridgehead atoms. The van der Waals surface area contributed by atoms with Crippen LogP contribution < -0.4 is 5.32 Å². The van der Waals surface area contributed by atoms with Gasteiger partial charge in [-0.25, -0.2) is 12.8 Å². The minimum absolute atomic E-state index is 0.0411. The molecule has 1 aromatic rings. The van der Waals surface area contributed by atoms with Crippen molar-refractivity contribution in [1.29, 1.82) is 0 Å². The van der Waals surface area contributed by atoms with E-state index in [0.717, 1.165) is 10.6 Å². The molecule has 2 amide bonds. The number of likely N-dealkylation sites (N-methyl/N-ethyl adjacent to an activating group) is 1. The fourth-order valence-electron chi connectivity index (χ4n) is 2.09. The molecule has 26 heavy (non-hydrogen) atoms. The minimum atomic E-state index is -3.55. The molecule has 0 fully saturated rings. The first-order chi connectivity index (χ1) is 12.1. The topological polar surface area (TPSA) is 86.8 Å². The van der Waals surface area contributed by atoms with Crippen LogP contribution in [0.4, 0.5) is 4.39 Å². The van der Waals surface area contributed by atoms with Gasteiger partial charge in [-0.2, -0.15) is 4.31 Å². The summed E-state index contributed by atoms with van der Waals surface area (Å²) in [7, 11) is -2.26. The molecule has 9 heteroatoms. The van der Waals surface area contributed by atoms with Crippen LogP contribution in [0.3, 0.4) is 0 Å². The Morgan fingerprint density at radius 3 is 2.38 bits per heavy atom. The van der Waals surface area contributed by atoms with Crippen molar-refractivity contribution in [2.45, 2.75) is 19.5 Å². The number of carbonyl (C=O) groups excluding carboxylic acids is 2. The highest BCUT2D eigenvalue weighted by Gasteiger charge is 2.28. The summed E-state index contributed by atoms with van der Waals surface area (Å²) in [6, 6.07) is 4.67. The summed E-state index contributed by atoms with van der Waals surface area (Å²) >= 11 is 0. The predicted octanol–water partition coefficient (Wildman–Crippen LogP) is 0.736. The fourth-order valence-corrected chi connectivity index (χ4v) is 2.43. The second-order valence-corrected chi connectivity index (χ2v) is 7.97. The Kier molecular flexibility index (Phi) is 7.91. The SMILES string of the molecule is C=CCNC(=O)[C@@H](C)N(Cc1ccc(F)cc1)C(=O)CN(C)S(C)(=O)=O. The third kappa shape index (κ3) is 6.57. The molecule has 0 aliphatic heterocycles. The standard InChI is InChI=1S/C17H24FN3O4S/c1-5-10-19-17(23)13(2)21(11-14-6-8-15(18)9-7-14)16(22)12-20(3)26(4,24)25/h5-9,13H,1,10-12H2,2-4H3,(H,19,23)/t13-/m1/s1. The van der Waals surface area contributed by atoms with Crippen molar-refractivity contribution in [3.8, 4) is 0 Å². The normalized spacial score (nSPS) is 12.5. The zero-order chi connectivity index (χ0) is 19.9. The van der Waals surface area contributed by atoms with Gasteiger partial charge in [-0.3, -0.25) is 9.59 Å². The number of benzene rings is 1. The average Bonchev–Trinajstić information content (AvgIpc) is 2.57. The van der Waals surface area contributed by atoms with Gasteiger partial charge in [0.05, 0.1) is 12.8 Å². The van der Waals surface area contributed by atoms with Crippen LogP contribution >= 0.6 is 0 Å². The molecule has 0 radical (unpaired) electrons. The van der Waals surface area contributed by atoms with Crippen LogP contribution in [0.2, 0.25) is 0 Å². The smallest absolute Gasteiger partial charge is 0.242 e. The number of amides is 2. The van der Waals surface area contributed by atoms with E-state index < -0.39 is 40.2 Å². The average molecular weight is 385 g/mol. The molecule has 1 rings (SSSR count). The molecule has 7 nitrogen and oxygen atoms in total. The quantitative estimate of drug-likeness (QED) is 0.635. The van der Waals surface area contributed by atoms with Crippen molar-refractivity contribution in [2.75, 3.05) is 26.4 Å². The first-order valence-corrected chi connectivity index (χ1v) is 9.75. The first-order valence-electron chi connectivity index (χ1n) is 7.90. The van der Waals surface area contributed by atoms with Gasteiger partial charge in [0.1, 0.15) is 11.9 Å². The molecule has 1 N–H and O–H groups in total. The number of sulfonamides is 1. The van der Waals surface area contributed by atoms with Gasteiger partial charge in [0.2, 0.25) is 21.8 Å². The van der Waals surface area contributed by atoms with E-state index in [4.69, 9.17) is 0 Å². The Morgan fingerprint density at radius 2 is 1.88 bits per heavy atom. The van der Waals surface area contributed by atoms with Gasteiger partial charge in [-0.05, 0) is 24.6 Å². The molecule has 1 atom stereocenters. The molecule has 0 aromatic heterocycles. The number of nitrogens with zero attached hydrogens (tertiary/aromatic N) is 2. The second kappa shape index (κ2) is 9.44. The lowest BCUT2D eigenvalue weighted by Crippen LogP contribution is -2.50. The monoisotopic (exact) mass is 385 g/mol. The Balaban J connectivity index is 3.03. The molecule has 0 unspecified atom stereocenters. The Labute approximate surface area is 153 Å². The van der Waals surface area contributed by atoms with Gasteiger partial charge < -0.3 is 10.2 Å². The number of halogens is 1. The molecular formula is C17H24FN3O4S.